The van der Waals surface area contributed by atoms with E-state index in [0.717, 1.165) is 16.1 Å². The SMILES string of the molecule is Cc1ccc(NC(C)C(=O)Nc2nc(Br)sc2Cc2cc(Cl)ccc2Cl)cc1. The number of nitrogens with zero attached hydrogens (tertiary/aromatic N) is 1. The lowest BCUT2D eigenvalue weighted by molar-refractivity contribution is -0.116. The number of hydrogen-bond acceptors (Lipinski definition) is 4. The number of carbonyl (C=O) groups is 1. The summed E-state index contributed by atoms with van der Waals surface area (Å²) in [6, 6.07) is 12.8. The van der Waals surface area contributed by atoms with E-state index < -0.39 is 6.04 Å². The van der Waals surface area contributed by atoms with Crippen LogP contribution in [0, 0.1) is 6.92 Å². The first-order chi connectivity index (χ1) is 13.3. The van der Waals surface area contributed by atoms with Crippen LogP contribution in [0.4, 0.5) is 11.5 Å². The Morgan fingerprint density at radius 2 is 1.93 bits per heavy atom. The summed E-state index contributed by atoms with van der Waals surface area (Å²) >= 11 is 17.2. The summed E-state index contributed by atoms with van der Waals surface area (Å²) < 4.78 is 0.690. The van der Waals surface area contributed by atoms with Crippen LogP contribution in [0.15, 0.2) is 46.4 Å². The molecule has 28 heavy (non-hydrogen) atoms. The van der Waals surface area contributed by atoms with Gasteiger partial charge in [0.2, 0.25) is 5.91 Å². The highest BCUT2D eigenvalue weighted by molar-refractivity contribution is 9.11. The largest absolute Gasteiger partial charge is 0.374 e. The van der Waals surface area contributed by atoms with Crippen molar-refractivity contribution in [3.8, 4) is 0 Å². The quantitative estimate of drug-likeness (QED) is 0.405. The Morgan fingerprint density at radius 1 is 1.21 bits per heavy atom. The minimum absolute atomic E-state index is 0.170. The average Bonchev–Trinajstić information content (AvgIpc) is 2.99. The van der Waals surface area contributed by atoms with Crippen molar-refractivity contribution < 1.29 is 4.79 Å². The van der Waals surface area contributed by atoms with E-state index in [1.54, 1.807) is 12.1 Å². The fraction of sp³-hybridized carbons (Fsp3) is 0.200. The molecule has 1 heterocycles. The lowest BCUT2D eigenvalue weighted by atomic mass is 10.1. The van der Waals surface area contributed by atoms with Crippen molar-refractivity contribution in [2.45, 2.75) is 26.3 Å². The van der Waals surface area contributed by atoms with E-state index in [1.165, 1.54) is 16.9 Å². The number of carbonyl (C=O) groups excluding carboxylic acids is 1. The van der Waals surface area contributed by atoms with Crippen LogP contribution in [0.1, 0.15) is 22.9 Å². The molecule has 0 fully saturated rings. The van der Waals surface area contributed by atoms with Crippen LogP contribution in [0.5, 0.6) is 0 Å². The number of rotatable bonds is 6. The van der Waals surface area contributed by atoms with Crippen LogP contribution in [0.3, 0.4) is 0 Å². The Kier molecular flexibility index (Phi) is 6.99. The molecular formula is C20H18BrCl2N3OS. The van der Waals surface area contributed by atoms with E-state index in [1.807, 2.05) is 44.2 Å². The number of aromatic nitrogens is 1. The molecule has 0 saturated heterocycles. The summed E-state index contributed by atoms with van der Waals surface area (Å²) in [5.41, 5.74) is 2.93. The van der Waals surface area contributed by atoms with Gasteiger partial charge in [-0.05, 0) is 65.7 Å². The second kappa shape index (κ2) is 9.27. The van der Waals surface area contributed by atoms with Gasteiger partial charge in [0, 0.05) is 22.2 Å². The molecule has 3 rings (SSSR count). The van der Waals surface area contributed by atoms with Crippen LogP contribution >= 0.6 is 50.5 Å². The molecule has 1 atom stereocenters. The third kappa shape index (κ3) is 5.47. The molecule has 0 aliphatic heterocycles. The third-order valence-corrected chi connectivity index (χ3v) is 6.21. The van der Waals surface area contributed by atoms with Gasteiger partial charge in [0.1, 0.15) is 11.9 Å². The number of nitrogens with one attached hydrogen (secondary N) is 2. The van der Waals surface area contributed by atoms with Crippen molar-refractivity contribution in [3.05, 3.63) is 72.4 Å². The molecule has 0 spiro atoms. The highest BCUT2D eigenvalue weighted by Gasteiger charge is 2.18. The van der Waals surface area contributed by atoms with E-state index in [0.29, 0.717) is 26.2 Å². The average molecular weight is 499 g/mol. The summed E-state index contributed by atoms with van der Waals surface area (Å²) in [7, 11) is 0. The Hall–Kier alpha value is -1.60. The van der Waals surface area contributed by atoms with Gasteiger partial charge in [0.05, 0.1) is 4.88 Å². The van der Waals surface area contributed by atoms with Gasteiger partial charge in [0.15, 0.2) is 3.92 Å². The second-order valence-electron chi connectivity index (χ2n) is 6.37. The van der Waals surface area contributed by atoms with Gasteiger partial charge in [-0.1, -0.05) is 40.9 Å². The molecule has 4 nitrogen and oxygen atoms in total. The normalized spacial score (nSPS) is 11.9. The molecule has 146 valence electrons. The first-order valence-electron chi connectivity index (χ1n) is 8.55. The predicted molar refractivity (Wildman–Crippen MR) is 122 cm³/mol. The maximum Gasteiger partial charge on any atom is 0.247 e. The molecule has 0 aliphatic carbocycles. The monoisotopic (exact) mass is 497 g/mol. The maximum absolute atomic E-state index is 12.6. The first kappa shape index (κ1) is 21.1. The zero-order valence-corrected chi connectivity index (χ0v) is 19.1. The fourth-order valence-corrected chi connectivity index (χ4v) is 4.49. The molecule has 1 aromatic heterocycles. The van der Waals surface area contributed by atoms with E-state index in [9.17, 15) is 4.79 Å². The standard InChI is InChI=1S/C20H18BrCl2N3OS/c1-11-3-6-15(7-4-11)24-12(2)19(27)25-18-17(28-20(21)26-18)10-13-9-14(22)5-8-16(13)23/h3-9,12,24H,10H2,1-2H3,(H,25,27). The first-order valence-corrected chi connectivity index (χ1v) is 10.9. The molecule has 0 bridgehead atoms. The Labute approximate surface area is 186 Å². The third-order valence-electron chi connectivity index (χ3n) is 4.10. The van der Waals surface area contributed by atoms with Crippen molar-refractivity contribution in [1.82, 2.24) is 4.98 Å². The summed E-state index contributed by atoms with van der Waals surface area (Å²) in [4.78, 5) is 17.9. The number of halogens is 3. The summed E-state index contributed by atoms with van der Waals surface area (Å²) in [6.07, 6.45) is 0.526. The van der Waals surface area contributed by atoms with Gasteiger partial charge in [-0.3, -0.25) is 4.79 Å². The van der Waals surface area contributed by atoms with Gasteiger partial charge in [-0.15, -0.1) is 11.3 Å². The van der Waals surface area contributed by atoms with Crippen molar-refractivity contribution in [1.29, 1.82) is 0 Å². The Bertz CT molecular complexity index is 992. The van der Waals surface area contributed by atoms with Crippen molar-refractivity contribution in [2.75, 3.05) is 10.6 Å². The van der Waals surface area contributed by atoms with Crippen molar-refractivity contribution >= 4 is 67.9 Å². The smallest absolute Gasteiger partial charge is 0.247 e. The van der Waals surface area contributed by atoms with Crippen LogP contribution < -0.4 is 10.6 Å². The van der Waals surface area contributed by atoms with Crippen LogP contribution in [-0.4, -0.2) is 16.9 Å². The molecule has 3 aromatic rings. The molecular weight excluding hydrogens is 481 g/mol. The number of aryl methyl sites for hydroxylation is 1. The highest BCUT2D eigenvalue weighted by Crippen LogP contribution is 2.32. The molecule has 0 aliphatic rings. The Morgan fingerprint density at radius 3 is 2.64 bits per heavy atom. The fourth-order valence-electron chi connectivity index (χ4n) is 2.58. The predicted octanol–water partition coefficient (Wildman–Crippen LogP) is 6.55. The van der Waals surface area contributed by atoms with Crippen LogP contribution in [0.2, 0.25) is 10.0 Å². The lowest BCUT2D eigenvalue weighted by Gasteiger charge is -2.15. The lowest BCUT2D eigenvalue weighted by Crippen LogP contribution is -2.32. The van der Waals surface area contributed by atoms with Crippen LogP contribution in [-0.2, 0) is 11.2 Å². The maximum atomic E-state index is 12.6. The molecule has 1 unspecified atom stereocenters. The van der Waals surface area contributed by atoms with Gasteiger partial charge >= 0.3 is 0 Å². The number of hydrogen-bond donors (Lipinski definition) is 2. The van der Waals surface area contributed by atoms with Gasteiger partial charge < -0.3 is 10.6 Å². The number of anilines is 2. The number of benzene rings is 2. The Balaban J connectivity index is 1.72. The van der Waals surface area contributed by atoms with Crippen molar-refractivity contribution in [3.63, 3.8) is 0 Å². The van der Waals surface area contributed by atoms with E-state index in [-0.39, 0.29) is 5.91 Å². The minimum Gasteiger partial charge on any atom is -0.374 e. The molecule has 2 N–H and O–H groups in total. The van der Waals surface area contributed by atoms with E-state index in [4.69, 9.17) is 23.2 Å². The molecule has 2 aromatic carbocycles. The number of amides is 1. The van der Waals surface area contributed by atoms with Gasteiger partial charge in [-0.2, -0.15) is 0 Å². The highest BCUT2D eigenvalue weighted by atomic mass is 79.9. The minimum atomic E-state index is -0.425. The van der Waals surface area contributed by atoms with Gasteiger partial charge in [-0.25, -0.2) is 4.98 Å². The molecule has 8 heteroatoms. The van der Waals surface area contributed by atoms with Crippen molar-refractivity contribution in [2.24, 2.45) is 0 Å². The molecule has 1 amide bonds. The second-order valence-corrected chi connectivity index (χ2v) is 9.58. The topological polar surface area (TPSA) is 54.0 Å². The zero-order valence-electron chi connectivity index (χ0n) is 15.2. The summed E-state index contributed by atoms with van der Waals surface area (Å²) in [5.74, 6) is 0.354. The van der Waals surface area contributed by atoms with E-state index in [2.05, 4.69) is 31.5 Å². The number of thiazole rings is 1. The molecule has 0 radical (unpaired) electrons. The van der Waals surface area contributed by atoms with Crippen LogP contribution in [0.25, 0.3) is 0 Å². The molecule has 0 saturated carbocycles. The summed E-state index contributed by atoms with van der Waals surface area (Å²) in [6.45, 7) is 3.83. The summed E-state index contributed by atoms with van der Waals surface area (Å²) in [5, 5.41) is 7.34. The van der Waals surface area contributed by atoms with Gasteiger partial charge in [0.25, 0.3) is 0 Å². The van der Waals surface area contributed by atoms with E-state index >= 15 is 0 Å². The zero-order chi connectivity index (χ0) is 20.3.